The van der Waals surface area contributed by atoms with E-state index in [1.165, 1.54) is 0 Å². The zero-order chi connectivity index (χ0) is 9.97. The summed E-state index contributed by atoms with van der Waals surface area (Å²) in [6.07, 6.45) is 0.150. The summed E-state index contributed by atoms with van der Waals surface area (Å²) in [5.74, 6) is 0. The predicted octanol–water partition coefficient (Wildman–Crippen LogP) is 2.76. The zero-order valence-corrected chi connectivity index (χ0v) is 9.94. The van der Waals surface area contributed by atoms with Crippen LogP contribution in [0, 0.1) is 0 Å². The van der Waals surface area contributed by atoms with Gasteiger partial charge in [0.1, 0.15) is 0 Å². The molecule has 1 N–H and O–H groups in total. The van der Waals surface area contributed by atoms with Gasteiger partial charge >= 0.3 is 0 Å². The Morgan fingerprint density at radius 2 is 2.36 bits per heavy atom. The predicted molar refractivity (Wildman–Crippen MR) is 60.7 cm³/mol. The molecule has 1 atom stereocenters. The Kier molecular flexibility index (Phi) is 3.44. The summed E-state index contributed by atoms with van der Waals surface area (Å²) < 4.78 is 6.55. The van der Waals surface area contributed by atoms with Gasteiger partial charge in [0.25, 0.3) is 0 Å². The lowest BCUT2D eigenvalue weighted by Gasteiger charge is -2.24. The lowest BCUT2D eigenvalue weighted by molar-refractivity contribution is 0.0277. The Bertz CT molecular complexity index is 326. The zero-order valence-electron chi connectivity index (χ0n) is 7.59. The number of morpholine rings is 1. The Labute approximate surface area is 96.7 Å². The van der Waals surface area contributed by atoms with Crippen LogP contribution in [0.2, 0.25) is 5.02 Å². The molecule has 0 aromatic heterocycles. The van der Waals surface area contributed by atoms with Gasteiger partial charge in [-0.05, 0) is 33.6 Å². The van der Waals surface area contributed by atoms with Crippen molar-refractivity contribution >= 4 is 27.5 Å². The highest BCUT2D eigenvalue weighted by Crippen LogP contribution is 2.27. The van der Waals surface area contributed by atoms with E-state index in [0.717, 1.165) is 34.8 Å². The average Bonchev–Trinajstić information content (AvgIpc) is 2.23. The number of hydrogen-bond acceptors (Lipinski definition) is 2. The molecule has 1 heterocycles. The summed E-state index contributed by atoms with van der Waals surface area (Å²) in [4.78, 5) is 0. The molecule has 0 spiro atoms. The highest BCUT2D eigenvalue weighted by atomic mass is 79.9. The van der Waals surface area contributed by atoms with E-state index in [0.29, 0.717) is 0 Å². The first kappa shape index (κ1) is 10.4. The van der Waals surface area contributed by atoms with Crippen molar-refractivity contribution in [2.45, 2.75) is 6.10 Å². The summed E-state index contributed by atoms with van der Waals surface area (Å²) in [5, 5.41) is 4.03. The molecule has 2 rings (SSSR count). The number of ether oxygens (including phenoxy) is 1. The first-order chi connectivity index (χ1) is 6.77. The molecule has 1 aromatic rings. The second-order valence-corrected chi connectivity index (χ2v) is 4.50. The van der Waals surface area contributed by atoms with Gasteiger partial charge < -0.3 is 10.1 Å². The van der Waals surface area contributed by atoms with Gasteiger partial charge in [0, 0.05) is 17.6 Å². The first-order valence-corrected chi connectivity index (χ1v) is 5.72. The van der Waals surface area contributed by atoms with Crippen molar-refractivity contribution in [3.8, 4) is 0 Å². The molecule has 2 nitrogen and oxygen atoms in total. The van der Waals surface area contributed by atoms with Crippen molar-refractivity contribution in [2.24, 2.45) is 0 Å². The van der Waals surface area contributed by atoms with Crippen molar-refractivity contribution in [3.63, 3.8) is 0 Å². The van der Waals surface area contributed by atoms with Gasteiger partial charge in [-0.1, -0.05) is 17.7 Å². The minimum absolute atomic E-state index is 0.150. The van der Waals surface area contributed by atoms with Gasteiger partial charge in [-0.15, -0.1) is 0 Å². The van der Waals surface area contributed by atoms with Gasteiger partial charge in [0.05, 0.1) is 17.7 Å². The standard InChI is InChI=1S/C10H11BrClNO/c11-8-5-7(1-2-9(8)12)10-6-13-3-4-14-10/h1-2,5,10,13H,3-4,6H2. The Hall–Kier alpha value is -0.0900. The maximum Gasteiger partial charge on any atom is 0.0950 e. The minimum atomic E-state index is 0.150. The Morgan fingerprint density at radius 3 is 3.00 bits per heavy atom. The summed E-state index contributed by atoms with van der Waals surface area (Å²) in [5.41, 5.74) is 1.16. The molecule has 0 aliphatic carbocycles. The van der Waals surface area contributed by atoms with Crippen LogP contribution in [0.3, 0.4) is 0 Å². The number of rotatable bonds is 1. The molecular weight excluding hydrogens is 265 g/mol. The molecule has 76 valence electrons. The highest BCUT2D eigenvalue weighted by molar-refractivity contribution is 9.10. The van der Waals surface area contributed by atoms with Gasteiger partial charge in [0.2, 0.25) is 0 Å². The molecule has 1 unspecified atom stereocenters. The monoisotopic (exact) mass is 275 g/mol. The molecule has 4 heteroatoms. The normalized spacial score (nSPS) is 22.3. The molecular formula is C10H11BrClNO. The van der Waals surface area contributed by atoms with Crippen molar-refractivity contribution in [3.05, 3.63) is 33.3 Å². The Morgan fingerprint density at radius 1 is 1.50 bits per heavy atom. The van der Waals surface area contributed by atoms with Crippen LogP contribution >= 0.6 is 27.5 Å². The largest absolute Gasteiger partial charge is 0.371 e. The molecule has 0 radical (unpaired) electrons. The van der Waals surface area contributed by atoms with Crippen molar-refractivity contribution in [2.75, 3.05) is 19.7 Å². The lowest BCUT2D eigenvalue weighted by Crippen LogP contribution is -2.33. The average molecular weight is 277 g/mol. The third kappa shape index (κ3) is 2.28. The fourth-order valence-electron chi connectivity index (χ4n) is 1.49. The van der Waals surface area contributed by atoms with Gasteiger partial charge in [-0.2, -0.15) is 0 Å². The third-order valence-electron chi connectivity index (χ3n) is 2.24. The van der Waals surface area contributed by atoms with Crippen molar-refractivity contribution in [1.82, 2.24) is 5.32 Å². The molecule has 0 bridgehead atoms. The molecule has 1 saturated heterocycles. The van der Waals surface area contributed by atoms with E-state index in [2.05, 4.69) is 21.2 Å². The number of nitrogens with one attached hydrogen (secondary N) is 1. The summed E-state index contributed by atoms with van der Waals surface area (Å²) in [6, 6.07) is 5.91. The SMILES string of the molecule is Clc1ccc(C2CNCCO2)cc1Br. The van der Waals surface area contributed by atoms with Crippen LogP contribution in [0.5, 0.6) is 0 Å². The smallest absolute Gasteiger partial charge is 0.0950 e. The maximum atomic E-state index is 5.92. The van der Waals surface area contributed by atoms with Crippen LogP contribution in [0.4, 0.5) is 0 Å². The summed E-state index contributed by atoms with van der Waals surface area (Å²) in [7, 11) is 0. The molecule has 0 amide bonds. The molecule has 1 aromatic carbocycles. The third-order valence-corrected chi connectivity index (χ3v) is 3.46. The first-order valence-electron chi connectivity index (χ1n) is 4.54. The van der Waals surface area contributed by atoms with E-state index < -0.39 is 0 Å². The van der Waals surface area contributed by atoms with Gasteiger partial charge in [-0.3, -0.25) is 0 Å². The number of benzene rings is 1. The van der Waals surface area contributed by atoms with Crippen LogP contribution in [-0.4, -0.2) is 19.7 Å². The summed E-state index contributed by atoms with van der Waals surface area (Å²) in [6.45, 7) is 2.57. The molecule has 0 saturated carbocycles. The van der Waals surface area contributed by atoms with E-state index >= 15 is 0 Å². The van der Waals surface area contributed by atoms with Gasteiger partial charge in [-0.25, -0.2) is 0 Å². The van der Waals surface area contributed by atoms with Gasteiger partial charge in [0.15, 0.2) is 0 Å². The van der Waals surface area contributed by atoms with E-state index in [-0.39, 0.29) is 6.10 Å². The van der Waals surface area contributed by atoms with Crippen LogP contribution in [0.1, 0.15) is 11.7 Å². The molecule has 1 aliphatic heterocycles. The van der Waals surface area contributed by atoms with Crippen LogP contribution in [0.15, 0.2) is 22.7 Å². The number of halogens is 2. The Balaban J connectivity index is 2.18. The van der Waals surface area contributed by atoms with E-state index in [9.17, 15) is 0 Å². The second kappa shape index (κ2) is 4.62. The topological polar surface area (TPSA) is 21.3 Å². The van der Waals surface area contributed by atoms with E-state index in [4.69, 9.17) is 16.3 Å². The fraction of sp³-hybridized carbons (Fsp3) is 0.400. The highest BCUT2D eigenvalue weighted by Gasteiger charge is 2.15. The molecule has 14 heavy (non-hydrogen) atoms. The fourth-order valence-corrected chi connectivity index (χ4v) is 2.01. The quantitative estimate of drug-likeness (QED) is 0.852. The van der Waals surface area contributed by atoms with Crippen molar-refractivity contribution in [1.29, 1.82) is 0 Å². The molecule has 1 fully saturated rings. The molecule has 1 aliphatic rings. The lowest BCUT2D eigenvalue weighted by atomic mass is 10.1. The van der Waals surface area contributed by atoms with Crippen molar-refractivity contribution < 1.29 is 4.74 Å². The second-order valence-electron chi connectivity index (χ2n) is 3.24. The van der Waals surface area contributed by atoms with E-state index in [1.807, 2.05) is 18.2 Å². The van der Waals surface area contributed by atoms with Crippen LogP contribution in [0.25, 0.3) is 0 Å². The number of hydrogen-bond donors (Lipinski definition) is 1. The minimum Gasteiger partial charge on any atom is -0.371 e. The van der Waals surface area contributed by atoms with E-state index in [1.54, 1.807) is 0 Å². The van der Waals surface area contributed by atoms with Crippen LogP contribution in [-0.2, 0) is 4.74 Å². The summed E-state index contributed by atoms with van der Waals surface area (Å²) >= 11 is 9.32. The maximum absolute atomic E-state index is 5.92. The van der Waals surface area contributed by atoms with Crippen LogP contribution < -0.4 is 5.32 Å².